The highest BCUT2D eigenvalue weighted by molar-refractivity contribution is 5.76. The predicted molar refractivity (Wildman–Crippen MR) is 130 cm³/mol. The number of aryl methyl sites for hydroxylation is 1. The lowest BCUT2D eigenvalue weighted by Gasteiger charge is -2.33. The lowest BCUT2D eigenvalue weighted by molar-refractivity contribution is -0.265. The number of para-hydroxylation sites is 1. The largest absolute Gasteiger partial charge is 0.493 e. The summed E-state index contributed by atoms with van der Waals surface area (Å²) in [4.78, 5) is 11.8. The molecule has 0 bridgehead atoms. The summed E-state index contributed by atoms with van der Waals surface area (Å²) in [6, 6.07) is 22.7. The van der Waals surface area contributed by atoms with Crippen molar-refractivity contribution >= 4 is 5.97 Å². The topological polar surface area (TPSA) is 83.5 Å². The highest BCUT2D eigenvalue weighted by atomic mass is 16.7. The Bertz CT molecular complexity index is 1090. The molecule has 35 heavy (non-hydrogen) atoms. The summed E-state index contributed by atoms with van der Waals surface area (Å²) < 4.78 is 28.4. The van der Waals surface area contributed by atoms with E-state index in [0.717, 1.165) is 34.1 Å². The third-order valence-corrected chi connectivity index (χ3v) is 5.65. The van der Waals surface area contributed by atoms with Crippen LogP contribution in [0.4, 0.5) is 0 Å². The van der Waals surface area contributed by atoms with Crippen molar-refractivity contribution in [2.24, 2.45) is 0 Å². The second-order valence-electron chi connectivity index (χ2n) is 8.31. The van der Waals surface area contributed by atoms with Crippen LogP contribution in [0.15, 0.2) is 72.8 Å². The molecule has 1 N–H and O–H groups in total. The second kappa shape index (κ2) is 11.7. The number of hydrogen-bond donors (Lipinski definition) is 1. The van der Waals surface area contributed by atoms with E-state index < -0.39 is 11.8 Å². The van der Waals surface area contributed by atoms with Crippen LogP contribution in [0.5, 0.6) is 23.0 Å². The van der Waals surface area contributed by atoms with E-state index >= 15 is 0 Å². The Morgan fingerprint density at radius 1 is 0.857 bits per heavy atom. The van der Waals surface area contributed by atoms with Gasteiger partial charge in [-0.05, 0) is 73.0 Å². The minimum atomic E-state index is -1.62. The van der Waals surface area contributed by atoms with E-state index in [-0.39, 0.29) is 6.42 Å². The third kappa shape index (κ3) is 6.74. The van der Waals surface area contributed by atoms with E-state index in [0.29, 0.717) is 39.3 Å². The van der Waals surface area contributed by atoms with Crippen LogP contribution in [-0.2, 0) is 20.7 Å². The van der Waals surface area contributed by atoms with Crippen LogP contribution in [0.3, 0.4) is 0 Å². The molecule has 1 aliphatic rings. The van der Waals surface area contributed by atoms with Crippen molar-refractivity contribution in [3.63, 3.8) is 0 Å². The molecular formula is C28H30O7. The van der Waals surface area contributed by atoms with E-state index in [9.17, 15) is 9.90 Å². The monoisotopic (exact) mass is 478 g/mol. The fraction of sp³-hybridized carbons (Fsp3) is 0.321. The molecule has 7 nitrogen and oxygen atoms in total. The van der Waals surface area contributed by atoms with Crippen molar-refractivity contribution in [1.82, 2.24) is 0 Å². The molecule has 184 valence electrons. The lowest BCUT2D eigenvalue weighted by Crippen LogP contribution is -2.49. The van der Waals surface area contributed by atoms with Gasteiger partial charge in [0.05, 0.1) is 26.4 Å². The molecule has 3 aromatic rings. The minimum Gasteiger partial charge on any atom is -0.493 e. The molecule has 1 saturated heterocycles. The first-order chi connectivity index (χ1) is 17.0. The van der Waals surface area contributed by atoms with Crippen LogP contribution in [0.1, 0.15) is 24.0 Å². The summed E-state index contributed by atoms with van der Waals surface area (Å²) in [7, 11) is 0. The highest BCUT2D eigenvalue weighted by Crippen LogP contribution is 2.28. The van der Waals surface area contributed by atoms with Gasteiger partial charge in [-0.15, -0.1) is 0 Å². The standard InChI is InChI=1S/C28H30O7/c1-21-19-26(10-9-22(21)20-28(27(29)30)33-17-6-18-34-28)32-16-5-15-31-23-11-13-25(14-12-23)35-24-7-3-2-4-8-24/h2-4,7-14,19H,5-6,15-18,20H2,1H3,(H,29,30). The number of hydrogen-bond acceptors (Lipinski definition) is 6. The Morgan fingerprint density at radius 2 is 1.46 bits per heavy atom. The summed E-state index contributed by atoms with van der Waals surface area (Å²) in [6.07, 6.45) is 1.56. The van der Waals surface area contributed by atoms with Gasteiger partial charge in [0.1, 0.15) is 23.0 Å². The Balaban J connectivity index is 1.20. The Morgan fingerprint density at radius 3 is 2.11 bits per heavy atom. The summed E-state index contributed by atoms with van der Waals surface area (Å²) >= 11 is 0. The summed E-state index contributed by atoms with van der Waals surface area (Å²) in [5.74, 6) is 0.318. The normalized spacial score (nSPS) is 14.8. The predicted octanol–water partition coefficient (Wildman–Crippen LogP) is 5.40. The van der Waals surface area contributed by atoms with Crippen molar-refractivity contribution in [3.8, 4) is 23.0 Å². The van der Waals surface area contributed by atoms with Crippen LogP contribution >= 0.6 is 0 Å². The van der Waals surface area contributed by atoms with Gasteiger partial charge in [-0.25, -0.2) is 4.79 Å². The molecule has 1 heterocycles. The van der Waals surface area contributed by atoms with Gasteiger partial charge in [0.2, 0.25) is 0 Å². The molecule has 1 aliphatic heterocycles. The fourth-order valence-electron chi connectivity index (χ4n) is 3.75. The number of carboxylic acid groups (broad SMARTS) is 1. The number of benzene rings is 3. The zero-order valence-electron chi connectivity index (χ0n) is 19.8. The number of aliphatic carboxylic acids is 1. The van der Waals surface area contributed by atoms with E-state index in [1.54, 1.807) is 0 Å². The van der Waals surface area contributed by atoms with E-state index in [1.165, 1.54) is 0 Å². The maximum Gasteiger partial charge on any atom is 0.364 e. The van der Waals surface area contributed by atoms with Crippen molar-refractivity contribution < 1.29 is 33.6 Å². The van der Waals surface area contributed by atoms with Crippen LogP contribution in [-0.4, -0.2) is 43.3 Å². The lowest BCUT2D eigenvalue weighted by atomic mass is 9.99. The molecule has 4 rings (SSSR count). The number of ether oxygens (including phenoxy) is 5. The van der Waals surface area contributed by atoms with Crippen molar-refractivity contribution in [1.29, 1.82) is 0 Å². The second-order valence-corrected chi connectivity index (χ2v) is 8.31. The van der Waals surface area contributed by atoms with E-state index in [1.807, 2.05) is 79.7 Å². The zero-order valence-corrected chi connectivity index (χ0v) is 19.8. The molecule has 0 spiro atoms. The molecule has 0 aliphatic carbocycles. The Labute approximate surface area is 205 Å². The van der Waals surface area contributed by atoms with E-state index in [2.05, 4.69) is 0 Å². The van der Waals surface area contributed by atoms with Crippen LogP contribution in [0, 0.1) is 6.92 Å². The number of rotatable bonds is 11. The fourth-order valence-corrected chi connectivity index (χ4v) is 3.75. The van der Waals surface area contributed by atoms with Gasteiger partial charge in [0.25, 0.3) is 5.79 Å². The van der Waals surface area contributed by atoms with Crippen molar-refractivity contribution in [3.05, 3.63) is 83.9 Å². The molecule has 0 atom stereocenters. The first-order valence-electron chi connectivity index (χ1n) is 11.7. The van der Waals surface area contributed by atoms with Gasteiger partial charge in [-0.2, -0.15) is 0 Å². The maximum atomic E-state index is 11.8. The molecule has 0 aromatic heterocycles. The zero-order chi connectivity index (χ0) is 24.5. The first kappa shape index (κ1) is 24.6. The average Bonchev–Trinajstić information content (AvgIpc) is 2.87. The third-order valence-electron chi connectivity index (χ3n) is 5.65. The van der Waals surface area contributed by atoms with Gasteiger partial charge in [0.15, 0.2) is 0 Å². The smallest absolute Gasteiger partial charge is 0.364 e. The minimum absolute atomic E-state index is 0.150. The molecule has 0 amide bonds. The van der Waals surface area contributed by atoms with E-state index in [4.69, 9.17) is 23.7 Å². The molecule has 7 heteroatoms. The van der Waals surface area contributed by atoms with Crippen LogP contribution < -0.4 is 14.2 Å². The first-order valence-corrected chi connectivity index (χ1v) is 11.7. The van der Waals surface area contributed by atoms with Gasteiger partial charge < -0.3 is 28.8 Å². The summed E-state index contributed by atoms with van der Waals surface area (Å²) in [6.45, 7) is 3.69. The SMILES string of the molecule is Cc1cc(OCCCOc2ccc(Oc3ccccc3)cc2)ccc1CC1(C(=O)O)OCCCO1. The van der Waals surface area contributed by atoms with Crippen molar-refractivity contribution in [2.45, 2.75) is 32.0 Å². The van der Waals surface area contributed by atoms with Crippen LogP contribution in [0.25, 0.3) is 0 Å². The molecule has 0 radical (unpaired) electrons. The van der Waals surface area contributed by atoms with Gasteiger partial charge in [-0.3, -0.25) is 0 Å². The maximum absolute atomic E-state index is 11.8. The summed E-state index contributed by atoms with van der Waals surface area (Å²) in [5.41, 5.74) is 1.78. The molecule has 0 unspecified atom stereocenters. The van der Waals surface area contributed by atoms with Crippen molar-refractivity contribution in [2.75, 3.05) is 26.4 Å². The van der Waals surface area contributed by atoms with Crippen LogP contribution in [0.2, 0.25) is 0 Å². The molecule has 0 saturated carbocycles. The van der Waals surface area contributed by atoms with Gasteiger partial charge >= 0.3 is 5.97 Å². The Kier molecular flexibility index (Phi) is 8.23. The summed E-state index contributed by atoms with van der Waals surface area (Å²) in [5, 5.41) is 9.63. The quantitative estimate of drug-likeness (QED) is 0.370. The number of carbonyl (C=O) groups is 1. The van der Waals surface area contributed by atoms with Gasteiger partial charge in [-0.1, -0.05) is 24.3 Å². The average molecular weight is 479 g/mol. The molecule has 1 fully saturated rings. The van der Waals surface area contributed by atoms with Gasteiger partial charge in [0, 0.05) is 12.8 Å². The highest BCUT2D eigenvalue weighted by Gasteiger charge is 2.43. The number of carboxylic acids is 1. The molecule has 3 aromatic carbocycles. The molecular weight excluding hydrogens is 448 g/mol. The Hall–Kier alpha value is -3.55.